The van der Waals surface area contributed by atoms with Crippen LogP contribution >= 0.6 is 15.9 Å². The summed E-state index contributed by atoms with van der Waals surface area (Å²) in [4.78, 5) is 4.77. The molecule has 7 heteroatoms. The topological polar surface area (TPSA) is 24.9 Å². The minimum atomic E-state index is -0.337. The van der Waals surface area contributed by atoms with E-state index in [0.717, 1.165) is 21.3 Å². The van der Waals surface area contributed by atoms with E-state index in [9.17, 15) is 0 Å². The lowest BCUT2D eigenvalue weighted by Gasteiger charge is -2.32. The minimum Gasteiger partial charge on any atom is -0.399 e. The second-order valence-electron chi connectivity index (χ2n) is 29.4. The Morgan fingerprint density at radius 1 is 0.239 bits per heavy atom. The summed E-state index contributed by atoms with van der Waals surface area (Å²) < 4.78 is 13.5. The van der Waals surface area contributed by atoms with Gasteiger partial charge in [0.15, 0.2) is 0 Å². The van der Waals surface area contributed by atoms with Gasteiger partial charge < -0.3 is 19.1 Å². The summed E-state index contributed by atoms with van der Waals surface area (Å²) in [5, 5.41) is 15.6. The van der Waals surface area contributed by atoms with Gasteiger partial charge in [0.2, 0.25) is 0 Å². The molecule has 1 fully saturated rings. The molecule has 3 radical (unpaired) electrons. The monoisotopic (exact) mass is 1460 g/mol. The Bertz CT molecular complexity index is 6460. The first-order chi connectivity index (χ1) is 53.0. The maximum Gasteiger partial charge on any atom is 0.494 e. The third kappa shape index (κ3) is 12.2. The molecule has 0 bridgehead atoms. The van der Waals surface area contributed by atoms with Gasteiger partial charge in [-0.05, 0) is 232 Å². The zero-order valence-electron chi connectivity index (χ0n) is 61.0. The molecule has 0 amide bonds. The van der Waals surface area contributed by atoms with Crippen LogP contribution in [-0.2, 0) is 9.31 Å². The van der Waals surface area contributed by atoms with Crippen LogP contribution in [0.4, 0.5) is 34.1 Å². The molecule has 0 N–H and O–H groups in total. The summed E-state index contributed by atoms with van der Waals surface area (Å²) in [7, 11) is -0.337. The number of nitrogens with zero attached hydrogens (tertiary/aromatic N) is 2. The predicted molar refractivity (Wildman–Crippen MR) is 470 cm³/mol. The maximum atomic E-state index is 6.22. The second-order valence-corrected chi connectivity index (χ2v) is 30.3. The number of anilines is 6. The Kier molecular flexibility index (Phi) is 17.6. The number of halogens is 1. The quantitative estimate of drug-likeness (QED) is 0.122. The lowest BCUT2D eigenvalue weighted by molar-refractivity contribution is 0.00578. The van der Waals surface area contributed by atoms with Gasteiger partial charge in [-0.3, -0.25) is 0 Å². The van der Waals surface area contributed by atoms with Gasteiger partial charge in [-0.1, -0.05) is 313 Å². The molecule has 3 heterocycles. The standard InChI is InChI=1S/C48H31N.C30H27BO2.C24H16BrN.B.H2/c1-2-12-36(13-3-1)49-47-21-11-10-20-44(47)40-17-7-9-19-42(40)46-31-35(27-29-48(46)49)33-24-22-32(23-25-33)34-26-28-43-39-16-5-4-14-37(39)38-15-6-8-18-41(38)45(43)30-34;1-29(2)30(3,4)33-31(32-29)22-16-13-20(14-17-22)21-15-18-27-25-11-6-5-9-23(25)24-10-7-8-12-26(24)28(27)19-21;25-17-14-15-24-22(16-17)20-11-5-4-10-19(20)21-12-6-7-13-23(21)26(24)18-8-2-1-3-9-18;;/h1-31H;5-19H,1-4H3;1-16H;;1H/i;;;;1+1. The SMILES string of the molecule is Brc1ccc2c(c1)-c1ccccc1-c1ccccc1N2c1ccccc1.CC1(C)OB(c2ccc(-c3ccc4c5ccccc5c5ccccc5c4c3)cc2)OC1(C)C.[2HH].[B].c1ccc(N2c3ccccc3-c3ccccc3-c3cc(-c4ccc(-c5ccc6c7ccccc7c7ccccc7c6c5)cc4)ccc32)cc1. The van der Waals surface area contributed by atoms with E-state index in [-0.39, 0.29) is 28.2 Å². The van der Waals surface area contributed by atoms with Crippen molar-refractivity contribution in [3.8, 4) is 77.9 Å². The van der Waals surface area contributed by atoms with Crippen molar-refractivity contribution in [2.45, 2.75) is 38.9 Å². The third-order valence-electron chi connectivity index (χ3n) is 22.6. The smallest absolute Gasteiger partial charge is 0.399 e. The molecule has 0 spiro atoms. The molecule has 21 rings (SSSR count). The van der Waals surface area contributed by atoms with Crippen LogP contribution < -0.4 is 15.3 Å². The summed E-state index contributed by atoms with van der Waals surface area (Å²) >= 11 is 3.66. The van der Waals surface area contributed by atoms with Crippen LogP contribution in [0.5, 0.6) is 0 Å². The molecule has 18 aromatic carbocycles. The van der Waals surface area contributed by atoms with Crippen molar-refractivity contribution in [1.29, 1.82) is 0 Å². The summed E-state index contributed by atoms with van der Waals surface area (Å²) in [6.07, 6.45) is 0. The fraction of sp³-hybridized carbons (Fsp3) is 0.0588. The van der Waals surface area contributed by atoms with Gasteiger partial charge in [-0.2, -0.15) is 0 Å². The van der Waals surface area contributed by atoms with Gasteiger partial charge in [-0.25, -0.2) is 0 Å². The molecule has 1 saturated heterocycles. The molecule has 0 aliphatic carbocycles. The molecule has 3 aliphatic heterocycles. The van der Waals surface area contributed by atoms with E-state index < -0.39 is 0 Å². The van der Waals surface area contributed by atoms with E-state index in [0.29, 0.717) is 0 Å². The highest BCUT2D eigenvalue weighted by molar-refractivity contribution is 9.10. The molecule has 0 saturated carbocycles. The molecule has 519 valence electrons. The predicted octanol–water partition coefficient (Wildman–Crippen LogP) is 28.1. The van der Waals surface area contributed by atoms with Crippen molar-refractivity contribution in [3.63, 3.8) is 0 Å². The van der Waals surface area contributed by atoms with E-state index in [1.165, 1.54) is 165 Å². The first-order valence-corrected chi connectivity index (χ1v) is 38.0. The van der Waals surface area contributed by atoms with Gasteiger partial charge in [0, 0.05) is 47.9 Å². The largest absolute Gasteiger partial charge is 0.494 e. The van der Waals surface area contributed by atoms with Crippen LogP contribution in [0.25, 0.3) is 143 Å². The molecule has 0 unspecified atom stereocenters. The Hall–Kier alpha value is -12.4. The third-order valence-corrected chi connectivity index (χ3v) is 23.1. The molecule has 0 aromatic heterocycles. The maximum absolute atomic E-state index is 6.22. The molecular weight excluding hydrogens is 1390 g/mol. The van der Waals surface area contributed by atoms with E-state index in [4.69, 9.17) is 9.31 Å². The molecule has 109 heavy (non-hydrogen) atoms. The molecule has 3 aliphatic rings. The highest BCUT2D eigenvalue weighted by atomic mass is 79.9. The average molecular weight is 1460 g/mol. The minimum absolute atomic E-state index is 0. The average Bonchev–Trinajstić information content (AvgIpc) is 1.13. The molecule has 18 aromatic rings. The highest BCUT2D eigenvalue weighted by Crippen LogP contribution is 2.54. The van der Waals surface area contributed by atoms with Crippen LogP contribution in [-0.4, -0.2) is 26.7 Å². The van der Waals surface area contributed by atoms with Crippen LogP contribution in [0.15, 0.2) is 381 Å². The van der Waals surface area contributed by atoms with Crippen molar-refractivity contribution >= 4 is 136 Å². The number of rotatable bonds is 6. The Labute approximate surface area is 649 Å². The van der Waals surface area contributed by atoms with E-state index in [1.54, 1.807) is 0 Å². The van der Waals surface area contributed by atoms with Crippen molar-refractivity contribution in [2.24, 2.45) is 0 Å². The van der Waals surface area contributed by atoms with E-state index in [1.807, 2.05) is 0 Å². The van der Waals surface area contributed by atoms with Crippen LogP contribution in [0.2, 0.25) is 0 Å². The Morgan fingerprint density at radius 2 is 0.505 bits per heavy atom. The number of para-hydroxylation sites is 4. The van der Waals surface area contributed by atoms with Crippen molar-refractivity contribution in [1.82, 2.24) is 0 Å². The molecule has 0 atom stereocenters. The van der Waals surface area contributed by atoms with Gasteiger partial charge in [0.25, 0.3) is 0 Å². The van der Waals surface area contributed by atoms with E-state index >= 15 is 0 Å². The van der Waals surface area contributed by atoms with Gasteiger partial charge in [-0.15, -0.1) is 0 Å². The summed E-state index contributed by atoms with van der Waals surface area (Å²) in [5.74, 6) is 0. The lowest BCUT2D eigenvalue weighted by Crippen LogP contribution is -2.41. The van der Waals surface area contributed by atoms with Gasteiger partial charge in [0.05, 0.1) is 34.0 Å². The molecule has 4 nitrogen and oxygen atoms in total. The van der Waals surface area contributed by atoms with Crippen LogP contribution in [0.3, 0.4) is 0 Å². The normalized spacial score (nSPS) is 13.5. The highest BCUT2D eigenvalue weighted by Gasteiger charge is 2.51. The Morgan fingerprint density at radius 3 is 0.899 bits per heavy atom. The zero-order chi connectivity index (χ0) is 72.6. The number of hydrogen-bond acceptors (Lipinski definition) is 4. The number of hydrogen-bond donors (Lipinski definition) is 0. The van der Waals surface area contributed by atoms with Crippen LogP contribution in [0.1, 0.15) is 29.1 Å². The summed E-state index contributed by atoms with van der Waals surface area (Å²) in [6, 6.07) is 136. The van der Waals surface area contributed by atoms with E-state index in [2.05, 4.69) is 430 Å². The number of fused-ring (bicyclic) bond motifs is 22. The number of benzene rings is 18. The zero-order valence-corrected chi connectivity index (χ0v) is 62.6. The lowest BCUT2D eigenvalue weighted by atomic mass is 9.78. The van der Waals surface area contributed by atoms with Crippen molar-refractivity contribution in [3.05, 3.63) is 381 Å². The summed E-state index contributed by atoms with van der Waals surface area (Å²) in [5.41, 5.74) is 24.7. The summed E-state index contributed by atoms with van der Waals surface area (Å²) in [6.45, 7) is 8.35. The second kappa shape index (κ2) is 28.1. The van der Waals surface area contributed by atoms with Crippen molar-refractivity contribution in [2.75, 3.05) is 9.80 Å². The molecular formula is C102H76B2BrN2O2. The van der Waals surface area contributed by atoms with Gasteiger partial charge in [0.1, 0.15) is 0 Å². The first-order valence-electron chi connectivity index (χ1n) is 37.2. The Balaban J connectivity index is 0.000000126. The first kappa shape index (κ1) is 68.5. The van der Waals surface area contributed by atoms with Crippen LogP contribution in [0, 0.1) is 0 Å². The van der Waals surface area contributed by atoms with Crippen molar-refractivity contribution < 1.29 is 10.7 Å². The fourth-order valence-corrected chi connectivity index (χ4v) is 16.9. The van der Waals surface area contributed by atoms with Gasteiger partial charge >= 0.3 is 7.12 Å². The fourth-order valence-electron chi connectivity index (χ4n) is 16.6.